The normalized spacial score (nSPS) is 28.3. The van der Waals surface area contributed by atoms with Gasteiger partial charge in [-0.1, -0.05) is 20.3 Å². The van der Waals surface area contributed by atoms with E-state index in [0.29, 0.717) is 11.7 Å². The van der Waals surface area contributed by atoms with E-state index in [4.69, 9.17) is 5.73 Å². The van der Waals surface area contributed by atoms with Crippen LogP contribution < -0.4 is 11.1 Å². The maximum absolute atomic E-state index is 6.01. The molecule has 2 saturated carbocycles. The Morgan fingerprint density at radius 3 is 2.65 bits per heavy atom. The molecule has 3 rings (SSSR count). The van der Waals surface area contributed by atoms with E-state index in [1.807, 2.05) is 6.92 Å². The molecule has 2 bridgehead atoms. The molecule has 3 atom stereocenters. The van der Waals surface area contributed by atoms with Crippen molar-refractivity contribution in [2.75, 3.05) is 17.6 Å². The second-order valence-corrected chi connectivity index (χ2v) is 6.91. The van der Waals surface area contributed by atoms with E-state index in [2.05, 4.69) is 29.1 Å². The molecule has 0 radical (unpaired) electrons. The van der Waals surface area contributed by atoms with E-state index >= 15 is 0 Å². The number of hydrogen-bond donors (Lipinski definition) is 2. The fraction of sp³-hybridized carbons (Fsp3) is 0.750. The highest BCUT2D eigenvalue weighted by atomic mass is 15.1. The topological polar surface area (TPSA) is 63.8 Å². The number of nitrogen functional groups attached to an aromatic ring is 1. The first-order chi connectivity index (χ1) is 9.54. The molecule has 0 aliphatic heterocycles. The van der Waals surface area contributed by atoms with Crippen LogP contribution in [-0.4, -0.2) is 16.5 Å². The number of nitrogens with zero attached hydrogens (tertiary/aromatic N) is 2. The third kappa shape index (κ3) is 2.48. The van der Waals surface area contributed by atoms with Crippen molar-refractivity contribution in [2.24, 2.45) is 17.8 Å². The van der Waals surface area contributed by atoms with Gasteiger partial charge >= 0.3 is 0 Å². The monoisotopic (exact) mass is 274 g/mol. The lowest BCUT2D eigenvalue weighted by Gasteiger charge is -2.23. The van der Waals surface area contributed by atoms with Crippen LogP contribution in [0.5, 0.6) is 0 Å². The van der Waals surface area contributed by atoms with Gasteiger partial charge in [-0.2, -0.15) is 0 Å². The number of fused-ring (bicyclic) bond motifs is 2. The number of nitrogens with two attached hydrogens (primary N) is 1. The standard InChI is InChI=1S/C16H26N4/c1-9(2)15-19-14(17)10(3)16(20-15)18-8-13-7-11-4-5-12(13)6-11/h9,11-13H,4-8H2,1-3H3,(H3,17,18,19,20). The van der Waals surface area contributed by atoms with Gasteiger partial charge in [0.15, 0.2) is 0 Å². The van der Waals surface area contributed by atoms with Crippen LogP contribution in [0.15, 0.2) is 0 Å². The highest BCUT2D eigenvalue weighted by molar-refractivity contribution is 5.55. The molecule has 2 fully saturated rings. The van der Waals surface area contributed by atoms with Gasteiger partial charge in [0, 0.05) is 18.0 Å². The summed E-state index contributed by atoms with van der Waals surface area (Å²) in [7, 11) is 0. The van der Waals surface area contributed by atoms with E-state index in [9.17, 15) is 0 Å². The Balaban J connectivity index is 1.70. The Hall–Kier alpha value is -1.32. The predicted molar refractivity (Wildman–Crippen MR) is 82.7 cm³/mol. The summed E-state index contributed by atoms with van der Waals surface area (Å²) in [4.78, 5) is 9.03. The van der Waals surface area contributed by atoms with Crippen molar-refractivity contribution in [3.8, 4) is 0 Å². The molecule has 1 aromatic heterocycles. The lowest BCUT2D eigenvalue weighted by atomic mass is 9.89. The lowest BCUT2D eigenvalue weighted by Crippen LogP contribution is -2.21. The third-order valence-electron chi connectivity index (χ3n) is 5.13. The van der Waals surface area contributed by atoms with Crippen molar-refractivity contribution >= 4 is 11.6 Å². The van der Waals surface area contributed by atoms with Crippen LogP contribution in [0.25, 0.3) is 0 Å². The van der Waals surface area contributed by atoms with Crippen LogP contribution >= 0.6 is 0 Å². The van der Waals surface area contributed by atoms with Gasteiger partial charge in [0.1, 0.15) is 17.5 Å². The second kappa shape index (κ2) is 5.23. The Bertz CT molecular complexity index is 497. The predicted octanol–water partition coefficient (Wildman–Crippen LogP) is 3.34. The number of aromatic nitrogens is 2. The van der Waals surface area contributed by atoms with Gasteiger partial charge in [-0.05, 0) is 43.9 Å². The maximum atomic E-state index is 6.01. The average Bonchev–Trinajstić information content (AvgIpc) is 3.02. The minimum Gasteiger partial charge on any atom is -0.383 e. The Morgan fingerprint density at radius 2 is 2.05 bits per heavy atom. The first-order valence-corrected chi connectivity index (χ1v) is 7.92. The van der Waals surface area contributed by atoms with Crippen LogP contribution in [0, 0.1) is 24.7 Å². The number of anilines is 2. The Labute approximate surface area is 121 Å². The summed E-state index contributed by atoms with van der Waals surface area (Å²) in [5.41, 5.74) is 7.00. The summed E-state index contributed by atoms with van der Waals surface area (Å²) >= 11 is 0. The molecule has 0 amide bonds. The summed E-state index contributed by atoms with van der Waals surface area (Å²) in [6, 6.07) is 0. The molecule has 0 aromatic carbocycles. The maximum Gasteiger partial charge on any atom is 0.135 e. The first-order valence-electron chi connectivity index (χ1n) is 7.92. The molecule has 0 spiro atoms. The molecule has 3 unspecified atom stereocenters. The zero-order valence-electron chi connectivity index (χ0n) is 12.8. The Kier molecular flexibility index (Phi) is 3.57. The van der Waals surface area contributed by atoms with Gasteiger partial charge in [0.2, 0.25) is 0 Å². The summed E-state index contributed by atoms with van der Waals surface area (Å²) in [6.45, 7) is 7.24. The van der Waals surface area contributed by atoms with Crippen molar-refractivity contribution < 1.29 is 0 Å². The molecule has 1 aromatic rings. The van der Waals surface area contributed by atoms with Gasteiger partial charge < -0.3 is 11.1 Å². The molecule has 3 N–H and O–H groups in total. The number of rotatable bonds is 4. The number of hydrogen-bond acceptors (Lipinski definition) is 4. The van der Waals surface area contributed by atoms with Crippen LogP contribution in [0.1, 0.15) is 56.8 Å². The minimum atomic E-state index is 0.306. The van der Waals surface area contributed by atoms with Crippen molar-refractivity contribution in [2.45, 2.75) is 52.4 Å². The summed E-state index contributed by atoms with van der Waals surface area (Å²) < 4.78 is 0. The average molecular weight is 274 g/mol. The molecular formula is C16H26N4. The molecule has 1 heterocycles. The van der Waals surface area contributed by atoms with Gasteiger partial charge in [-0.25, -0.2) is 9.97 Å². The zero-order valence-corrected chi connectivity index (χ0v) is 12.8. The van der Waals surface area contributed by atoms with Gasteiger partial charge in [-0.15, -0.1) is 0 Å². The molecule has 20 heavy (non-hydrogen) atoms. The van der Waals surface area contributed by atoms with Crippen LogP contribution in [0.3, 0.4) is 0 Å². The van der Waals surface area contributed by atoms with Crippen molar-refractivity contribution in [1.29, 1.82) is 0 Å². The number of nitrogens with one attached hydrogen (secondary N) is 1. The van der Waals surface area contributed by atoms with Crippen LogP contribution in [0.4, 0.5) is 11.6 Å². The van der Waals surface area contributed by atoms with Gasteiger partial charge in [0.05, 0.1) is 0 Å². The molecule has 4 heteroatoms. The highest BCUT2D eigenvalue weighted by Gasteiger charge is 2.39. The van der Waals surface area contributed by atoms with Crippen molar-refractivity contribution in [3.05, 3.63) is 11.4 Å². The first kappa shape index (κ1) is 13.7. The Morgan fingerprint density at radius 1 is 1.25 bits per heavy atom. The van der Waals surface area contributed by atoms with Crippen LogP contribution in [-0.2, 0) is 0 Å². The fourth-order valence-electron chi connectivity index (χ4n) is 3.84. The minimum absolute atomic E-state index is 0.306. The molecule has 2 aliphatic rings. The smallest absolute Gasteiger partial charge is 0.135 e. The van der Waals surface area contributed by atoms with Crippen molar-refractivity contribution in [1.82, 2.24) is 9.97 Å². The largest absolute Gasteiger partial charge is 0.383 e. The molecule has 2 aliphatic carbocycles. The molecule has 4 nitrogen and oxygen atoms in total. The zero-order chi connectivity index (χ0) is 14.3. The summed E-state index contributed by atoms with van der Waals surface area (Å²) in [5.74, 6) is 5.45. The second-order valence-electron chi connectivity index (χ2n) is 6.91. The van der Waals surface area contributed by atoms with E-state index < -0.39 is 0 Å². The van der Waals surface area contributed by atoms with Gasteiger partial charge in [0.25, 0.3) is 0 Å². The van der Waals surface area contributed by atoms with E-state index in [1.54, 1.807) is 0 Å². The fourth-order valence-corrected chi connectivity index (χ4v) is 3.84. The van der Waals surface area contributed by atoms with E-state index in [0.717, 1.165) is 41.5 Å². The van der Waals surface area contributed by atoms with Crippen molar-refractivity contribution in [3.63, 3.8) is 0 Å². The summed E-state index contributed by atoms with van der Waals surface area (Å²) in [6.07, 6.45) is 5.74. The third-order valence-corrected chi connectivity index (χ3v) is 5.13. The molecule has 110 valence electrons. The molecule has 0 saturated heterocycles. The highest BCUT2D eigenvalue weighted by Crippen LogP contribution is 2.48. The summed E-state index contributed by atoms with van der Waals surface area (Å²) in [5, 5.41) is 3.54. The quantitative estimate of drug-likeness (QED) is 0.884. The van der Waals surface area contributed by atoms with Crippen LogP contribution in [0.2, 0.25) is 0 Å². The molecular weight excluding hydrogens is 248 g/mol. The van der Waals surface area contributed by atoms with Gasteiger partial charge in [-0.3, -0.25) is 0 Å². The SMILES string of the molecule is Cc1c(N)nc(C(C)C)nc1NCC1CC2CCC1C2. The lowest BCUT2D eigenvalue weighted by molar-refractivity contribution is 0.348. The van der Waals surface area contributed by atoms with E-state index in [1.165, 1.54) is 25.7 Å². The van der Waals surface area contributed by atoms with E-state index in [-0.39, 0.29) is 0 Å².